The summed E-state index contributed by atoms with van der Waals surface area (Å²) in [6, 6.07) is 9.72. The number of carbonyl (C=O) groups excluding carboxylic acids is 3. The number of benzene rings is 2. The minimum Gasteiger partial charge on any atom is -0.333 e. The first kappa shape index (κ1) is 28.3. The first-order chi connectivity index (χ1) is 19.5. The molecule has 0 aromatic heterocycles. The standard InChI is InChI=1S/C31H37Cl2N5O3/c1-16(2)25-15-38(30(41)37-25)31(29(40)36-24-11-21(32)10-22(33)12-24)13-19-7-8-23(9-20(19)14-31)35-28(39)27(34)26(17-3-4-17)18-5-6-18/h7-12,16-18,25-27H,3-6,13-15,34H2,1-2H3,(H,35,39)(H,36,40)(H,37,41)/t25-,27-,31?/m0/s1. The lowest BCUT2D eigenvalue weighted by atomic mass is 9.89. The Bertz CT molecular complexity index is 1360. The summed E-state index contributed by atoms with van der Waals surface area (Å²) in [5, 5.41) is 9.87. The number of urea groups is 1. The topological polar surface area (TPSA) is 117 Å². The maximum Gasteiger partial charge on any atom is 0.318 e. The van der Waals surface area contributed by atoms with Crippen LogP contribution in [0.1, 0.15) is 50.7 Å². The third-order valence-electron chi connectivity index (χ3n) is 9.29. The zero-order valence-corrected chi connectivity index (χ0v) is 24.9. The first-order valence-electron chi connectivity index (χ1n) is 14.6. The average Bonchev–Trinajstić information content (AvgIpc) is 3.84. The van der Waals surface area contributed by atoms with Crippen molar-refractivity contribution in [1.29, 1.82) is 0 Å². The summed E-state index contributed by atoms with van der Waals surface area (Å²) < 4.78 is 0. The van der Waals surface area contributed by atoms with Crippen LogP contribution in [0.15, 0.2) is 36.4 Å². The summed E-state index contributed by atoms with van der Waals surface area (Å²) in [6.45, 7) is 4.51. The summed E-state index contributed by atoms with van der Waals surface area (Å²) >= 11 is 12.4. The molecule has 3 fully saturated rings. The van der Waals surface area contributed by atoms with Gasteiger partial charge < -0.3 is 26.6 Å². The molecule has 0 radical (unpaired) electrons. The van der Waals surface area contributed by atoms with E-state index in [1.54, 1.807) is 23.1 Å². The highest BCUT2D eigenvalue weighted by Crippen LogP contribution is 2.50. The molecule has 2 saturated carbocycles. The third-order valence-corrected chi connectivity index (χ3v) is 9.72. The van der Waals surface area contributed by atoms with E-state index in [0.29, 0.717) is 52.6 Å². The maximum atomic E-state index is 14.1. The number of rotatable bonds is 9. The van der Waals surface area contributed by atoms with Gasteiger partial charge in [-0.15, -0.1) is 0 Å². The summed E-state index contributed by atoms with van der Waals surface area (Å²) in [4.78, 5) is 42.2. The van der Waals surface area contributed by atoms with Gasteiger partial charge in [0.2, 0.25) is 5.91 Å². The molecule has 8 nitrogen and oxygen atoms in total. The van der Waals surface area contributed by atoms with Crippen LogP contribution >= 0.6 is 23.2 Å². The average molecular weight is 599 g/mol. The molecule has 5 N–H and O–H groups in total. The molecule has 1 heterocycles. The Morgan fingerprint density at radius 1 is 0.951 bits per heavy atom. The number of amides is 4. The van der Waals surface area contributed by atoms with Crippen LogP contribution in [0.3, 0.4) is 0 Å². The molecule has 0 spiro atoms. The number of nitrogens with two attached hydrogens (primary N) is 1. The quantitative estimate of drug-likeness (QED) is 0.317. The van der Waals surface area contributed by atoms with Crippen molar-refractivity contribution < 1.29 is 14.4 Å². The summed E-state index contributed by atoms with van der Waals surface area (Å²) in [5.41, 5.74) is 8.31. The number of hydrogen-bond donors (Lipinski definition) is 4. The van der Waals surface area contributed by atoms with Crippen molar-refractivity contribution in [2.24, 2.45) is 29.4 Å². The second kappa shape index (κ2) is 10.8. The Morgan fingerprint density at radius 2 is 1.59 bits per heavy atom. The van der Waals surface area contributed by atoms with E-state index in [-0.39, 0.29) is 35.7 Å². The van der Waals surface area contributed by atoms with Crippen molar-refractivity contribution in [2.45, 2.75) is 70.0 Å². The molecule has 3 aliphatic carbocycles. The zero-order chi connectivity index (χ0) is 29.1. The number of nitrogens with one attached hydrogen (secondary N) is 3. The van der Waals surface area contributed by atoms with Crippen LogP contribution in [0.25, 0.3) is 0 Å². The lowest BCUT2D eigenvalue weighted by Crippen LogP contribution is -2.59. The lowest BCUT2D eigenvalue weighted by Gasteiger charge is -2.36. The van der Waals surface area contributed by atoms with Crippen LogP contribution in [0.5, 0.6) is 0 Å². The Hall–Kier alpha value is -2.81. The zero-order valence-electron chi connectivity index (χ0n) is 23.4. The van der Waals surface area contributed by atoms with Crippen LogP contribution in [0, 0.1) is 23.7 Å². The van der Waals surface area contributed by atoms with Gasteiger partial charge in [0.15, 0.2) is 0 Å². The molecule has 1 saturated heterocycles. The number of carbonyl (C=O) groups is 3. The fourth-order valence-electron chi connectivity index (χ4n) is 6.72. The van der Waals surface area contributed by atoms with Gasteiger partial charge in [0.05, 0.1) is 12.1 Å². The SMILES string of the molecule is CC(C)[C@@H]1CN(C2(C(=O)Nc3cc(Cl)cc(Cl)c3)Cc3ccc(NC(=O)[C@@H](N)C(C4CC4)C4CC4)cc3C2)C(=O)N1. The van der Waals surface area contributed by atoms with Crippen molar-refractivity contribution in [2.75, 3.05) is 17.2 Å². The Morgan fingerprint density at radius 3 is 2.17 bits per heavy atom. The van der Waals surface area contributed by atoms with Gasteiger partial charge in [-0.05, 0) is 90.8 Å². The fourth-order valence-corrected chi connectivity index (χ4v) is 7.25. The Kier molecular flexibility index (Phi) is 7.45. The maximum absolute atomic E-state index is 14.1. The summed E-state index contributed by atoms with van der Waals surface area (Å²) in [7, 11) is 0. The van der Waals surface area contributed by atoms with Gasteiger partial charge in [-0.1, -0.05) is 43.1 Å². The molecule has 3 atom stereocenters. The Labute approximate surface area is 250 Å². The number of nitrogens with zero attached hydrogens (tertiary/aromatic N) is 1. The number of fused-ring (bicyclic) bond motifs is 1. The van der Waals surface area contributed by atoms with Crippen molar-refractivity contribution in [3.8, 4) is 0 Å². The number of anilines is 2. The molecule has 1 unspecified atom stereocenters. The van der Waals surface area contributed by atoms with Crippen LogP contribution in [0.4, 0.5) is 16.2 Å². The highest BCUT2D eigenvalue weighted by molar-refractivity contribution is 6.35. The van der Waals surface area contributed by atoms with Crippen molar-refractivity contribution in [1.82, 2.24) is 10.2 Å². The van der Waals surface area contributed by atoms with Gasteiger partial charge in [-0.3, -0.25) is 9.59 Å². The molecule has 1 aliphatic heterocycles. The molecule has 4 amide bonds. The van der Waals surface area contributed by atoms with Crippen LogP contribution in [-0.2, 0) is 22.4 Å². The highest BCUT2D eigenvalue weighted by Gasteiger charge is 2.53. The van der Waals surface area contributed by atoms with E-state index in [9.17, 15) is 14.4 Å². The predicted molar refractivity (Wildman–Crippen MR) is 161 cm³/mol. The minimum atomic E-state index is -1.16. The Balaban J connectivity index is 1.25. The van der Waals surface area contributed by atoms with Crippen molar-refractivity contribution in [3.63, 3.8) is 0 Å². The van der Waals surface area contributed by atoms with Gasteiger partial charge in [0.1, 0.15) is 5.54 Å². The normalized spacial score (nSPS) is 24.4. The monoisotopic (exact) mass is 597 g/mol. The molecule has 2 aromatic carbocycles. The second-order valence-corrected chi connectivity index (χ2v) is 13.5. The molecule has 6 rings (SSSR count). The molecule has 4 aliphatic rings. The molecule has 2 aromatic rings. The predicted octanol–water partition coefficient (Wildman–Crippen LogP) is 5.22. The molecular formula is C31H37Cl2N5O3. The first-order valence-corrected chi connectivity index (χ1v) is 15.3. The molecule has 41 heavy (non-hydrogen) atoms. The van der Waals surface area contributed by atoms with E-state index in [1.165, 1.54) is 0 Å². The van der Waals surface area contributed by atoms with E-state index in [1.807, 2.05) is 18.2 Å². The largest absolute Gasteiger partial charge is 0.333 e. The summed E-state index contributed by atoms with van der Waals surface area (Å²) in [5.74, 6) is 1.13. The van der Waals surface area contributed by atoms with Crippen LogP contribution in [0.2, 0.25) is 10.0 Å². The van der Waals surface area contributed by atoms with Crippen molar-refractivity contribution >= 4 is 52.4 Å². The lowest BCUT2D eigenvalue weighted by molar-refractivity contribution is -0.125. The van der Waals surface area contributed by atoms with Crippen molar-refractivity contribution in [3.05, 3.63) is 57.6 Å². The van der Waals surface area contributed by atoms with Gasteiger partial charge in [0, 0.05) is 40.8 Å². The molecular weight excluding hydrogens is 561 g/mol. The van der Waals surface area contributed by atoms with E-state index < -0.39 is 11.6 Å². The smallest absolute Gasteiger partial charge is 0.318 e. The highest BCUT2D eigenvalue weighted by atomic mass is 35.5. The second-order valence-electron chi connectivity index (χ2n) is 12.7. The van der Waals surface area contributed by atoms with Gasteiger partial charge >= 0.3 is 6.03 Å². The fraction of sp³-hybridized carbons (Fsp3) is 0.516. The van der Waals surface area contributed by atoms with Gasteiger partial charge in [0.25, 0.3) is 5.91 Å². The van der Waals surface area contributed by atoms with E-state index in [0.717, 1.165) is 36.8 Å². The van der Waals surface area contributed by atoms with Gasteiger partial charge in [-0.2, -0.15) is 0 Å². The number of halogens is 2. The van der Waals surface area contributed by atoms with E-state index in [4.69, 9.17) is 28.9 Å². The minimum absolute atomic E-state index is 0.0706. The molecule has 218 valence electrons. The van der Waals surface area contributed by atoms with Crippen LogP contribution < -0.4 is 21.7 Å². The summed E-state index contributed by atoms with van der Waals surface area (Å²) in [6.07, 6.45) is 5.30. The van der Waals surface area contributed by atoms with Crippen LogP contribution in [-0.4, -0.2) is 46.9 Å². The van der Waals surface area contributed by atoms with E-state index in [2.05, 4.69) is 29.8 Å². The van der Waals surface area contributed by atoms with E-state index >= 15 is 0 Å². The molecule has 0 bridgehead atoms. The molecule has 10 heteroatoms. The van der Waals surface area contributed by atoms with Gasteiger partial charge in [-0.25, -0.2) is 4.79 Å². The third kappa shape index (κ3) is 5.66. The number of hydrogen-bond acceptors (Lipinski definition) is 4.